The molecular formula is C7H10N4O4. The van der Waals surface area contributed by atoms with Crippen LogP contribution in [0.2, 0.25) is 0 Å². The molecule has 0 aliphatic heterocycles. The van der Waals surface area contributed by atoms with Crippen LogP contribution in [-0.2, 0) is 16.1 Å². The Morgan fingerprint density at radius 3 is 2.93 bits per heavy atom. The standard InChI is InChI=1S/C7H10N4O4/c8-4(1-6(12)13)7(14)9-2-5-10-3-15-11-5/h3-4H,1-2,8H2,(H,9,14)(H,12,13). The Morgan fingerprint density at radius 2 is 2.40 bits per heavy atom. The molecule has 0 aliphatic carbocycles. The highest BCUT2D eigenvalue weighted by molar-refractivity contribution is 5.85. The summed E-state index contributed by atoms with van der Waals surface area (Å²) in [6, 6.07) is -1.07. The lowest BCUT2D eigenvalue weighted by Gasteiger charge is -2.07. The van der Waals surface area contributed by atoms with Crippen molar-refractivity contribution < 1.29 is 19.2 Å². The number of amides is 1. The van der Waals surface area contributed by atoms with Gasteiger partial charge in [0.15, 0.2) is 5.82 Å². The number of rotatable bonds is 5. The second kappa shape index (κ2) is 5.05. The first-order chi connectivity index (χ1) is 7.09. The van der Waals surface area contributed by atoms with Gasteiger partial charge in [-0.1, -0.05) is 5.16 Å². The highest BCUT2D eigenvalue weighted by Gasteiger charge is 2.16. The molecule has 82 valence electrons. The summed E-state index contributed by atoms with van der Waals surface area (Å²) in [5.74, 6) is -1.40. The van der Waals surface area contributed by atoms with Gasteiger partial charge in [0.25, 0.3) is 0 Å². The number of aliphatic carboxylic acids is 1. The van der Waals surface area contributed by atoms with Crippen LogP contribution >= 0.6 is 0 Å². The van der Waals surface area contributed by atoms with Crippen LogP contribution in [-0.4, -0.2) is 33.2 Å². The first-order valence-corrected chi connectivity index (χ1v) is 4.10. The topological polar surface area (TPSA) is 131 Å². The zero-order chi connectivity index (χ0) is 11.3. The van der Waals surface area contributed by atoms with Crippen LogP contribution in [0, 0.1) is 0 Å². The Hall–Kier alpha value is -1.96. The lowest BCUT2D eigenvalue weighted by atomic mass is 10.2. The van der Waals surface area contributed by atoms with Gasteiger partial charge < -0.3 is 20.7 Å². The maximum Gasteiger partial charge on any atom is 0.305 e. The van der Waals surface area contributed by atoms with E-state index >= 15 is 0 Å². The third kappa shape index (κ3) is 3.73. The van der Waals surface area contributed by atoms with E-state index in [0.29, 0.717) is 5.82 Å². The molecule has 1 aromatic rings. The molecule has 1 rings (SSSR count). The smallest absolute Gasteiger partial charge is 0.305 e. The van der Waals surface area contributed by atoms with Crippen LogP contribution in [0.3, 0.4) is 0 Å². The molecule has 0 aliphatic rings. The molecule has 0 aromatic carbocycles. The molecule has 0 radical (unpaired) electrons. The third-order valence-electron chi connectivity index (χ3n) is 1.56. The number of carbonyl (C=O) groups excluding carboxylic acids is 1. The van der Waals surface area contributed by atoms with Crippen LogP contribution in [0.5, 0.6) is 0 Å². The van der Waals surface area contributed by atoms with E-state index < -0.39 is 24.3 Å². The van der Waals surface area contributed by atoms with Gasteiger partial charge in [0.2, 0.25) is 12.3 Å². The van der Waals surface area contributed by atoms with Gasteiger partial charge in [-0.15, -0.1) is 0 Å². The lowest BCUT2D eigenvalue weighted by Crippen LogP contribution is -2.41. The van der Waals surface area contributed by atoms with Crippen molar-refractivity contribution in [2.75, 3.05) is 0 Å². The maximum absolute atomic E-state index is 11.2. The third-order valence-corrected chi connectivity index (χ3v) is 1.56. The van der Waals surface area contributed by atoms with Crippen molar-refractivity contribution >= 4 is 11.9 Å². The average Bonchev–Trinajstić information content (AvgIpc) is 2.65. The first-order valence-electron chi connectivity index (χ1n) is 4.10. The molecule has 1 aromatic heterocycles. The van der Waals surface area contributed by atoms with Crippen LogP contribution in [0.4, 0.5) is 0 Å². The summed E-state index contributed by atoms with van der Waals surface area (Å²) < 4.78 is 4.43. The molecule has 4 N–H and O–H groups in total. The number of aromatic nitrogens is 2. The van der Waals surface area contributed by atoms with Gasteiger partial charge in [0, 0.05) is 0 Å². The van der Waals surface area contributed by atoms with Crippen LogP contribution in [0.25, 0.3) is 0 Å². The van der Waals surface area contributed by atoms with Crippen molar-refractivity contribution in [3.05, 3.63) is 12.2 Å². The van der Waals surface area contributed by atoms with Gasteiger partial charge in [0.1, 0.15) is 0 Å². The summed E-state index contributed by atoms with van der Waals surface area (Å²) in [4.78, 5) is 25.1. The summed E-state index contributed by atoms with van der Waals surface area (Å²) in [5, 5.41) is 14.2. The van der Waals surface area contributed by atoms with Gasteiger partial charge >= 0.3 is 5.97 Å². The van der Waals surface area contributed by atoms with Crippen molar-refractivity contribution in [2.24, 2.45) is 5.73 Å². The van der Waals surface area contributed by atoms with Crippen molar-refractivity contribution in [3.63, 3.8) is 0 Å². The Labute approximate surface area is 84.4 Å². The molecule has 1 atom stereocenters. The van der Waals surface area contributed by atoms with Gasteiger partial charge in [-0.05, 0) is 0 Å². The van der Waals surface area contributed by atoms with E-state index in [1.807, 2.05) is 0 Å². The molecule has 1 unspecified atom stereocenters. The fourth-order valence-corrected chi connectivity index (χ4v) is 0.848. The summed E-state index contributed by atoms with van der Waals surface area (Å²) in [6.07, 6.45) is 0.705. The summed E-state index contributed by atoms with van der Waals surface area (Å²) in [7, 11) is 0. The number of nitrogens with one attached hydrogen (secondary N) is 1. The zero-order valence-corrected chi connectivity index (χ0v) is 7.71. The summed E-state index contributed by atoms with van der Waals surface area (Å²) >= 11 is 0. The maximum atomic E-state index is 11.2. The molecule has 0 bridgehead atoms. The highest BCUT2D eigenvalue weighted by atomic mass is 16.5. The largest absolute Gasteiger partial charge is 0.481 e. The van der Waals surface area contributed by atoms with Crippen LogP contribution in [0.15, 0.2) is 10.9 Å². The summed E-state index contributed by atoms with van der Waals surface area (Å²) in [6.45, 7) is 0.0582. The van der Waals surface area contributed by atoms with Crippen molar-refractivity contribution in [1.29, 1.82) is 0 Å². The predicted octanol–water partition coefficient (Wildman–Crippen LogP) is -1.51. The monoisotopic (exact) mass is 214 g/mol. The normalized spacial score (nSPS) is 12.1. The van der Waals surface area contributed by atoms with Gasteiger partial charge in [0.05, 0.1) is 19.0 Å². The number of hydrogen-bond donors (Lipinski definition) is 3. The molecule has 1 heterocycles. The van der Waals surface area contributed by atoms with E-state index in [4.69, 9.17) is 10.8 Å². The Bertz CT molecular complexity index is 337. The van der Waals surface area contributed by atoms with E-state index in [-0.39, 0.29) is 6.54 Å². The van der Waals surface area contributed by atoms with Crippen molar-refractivity contribution in [3.8, 4) is 0 Å². The van der Waals surface area contributed by atoms with E-state index in [1.165, 1.54) is 0 Å². The number of carbonyl (C=O) groups is 2. The number of carboxylic acids is 1. The lowest BCUT2D eigenvalue weighted by molar-refractivity contribution is -0.139. The molecule has 8 nitrogen and oxygen atoms in total. The fourth-order valence-electron chi connectivity index (χ4n) is 0.848. The predicted molar refractivity (Wildman–Crippen MR) is 46.4 cm³/mol. The van der Waals surface area contributed by atoms with Crippen molar-refractivity contribution in [1.82, 2.24) is 15.5 Å². The second-order valence-electron chi connectivity index (χ2n) is 2.77. The summed E-state index contributed by atoms with van der Waals surface area (Å²) in [5.41, 5.74) is 5.30. The minimum atomic E-state index is -1.13. The van der Waals surface area contributed by atoms with Gasteiger partial charge in [-0.2, -0.15) is 4.98 Å². The molecule has 0 fully saturated rings. The fraction of sp³-hybridized carbons (Fsp3) is 0.429. The number of nitrogens with zero attached hydrogens (tertiary/aromatic N) is 2. The molecular weight excluding hydrogens is 204 g/mol. The molecule has 0 saturated heterocycles. The van der Waals surface area contributed by atoms with E-state index in [1.54, 1.807) is 0 Å². The number of nitrogens with two attached hydrogens (primary N) is 1. The SMILES string of the molecule is NC(CC(=O)O)C(=O)NCc1ncon1. The number of carboxylic acid groups (broad SMARTS) is 1. The molecule has 15 heavy (non-hydrogen) atoms. The molecule has 0 saturated carbocycles. The minimum Gasteiger partial charge on any atom is -0.481 e. The first kappa shape index (κ1) is 11.1. The Morgan fingerprint density at radius 1 is 1.67 bits per heavy atom. The second-order valence-corrected chi connectivity index (χ2v) is 2.77. The van der Waals surface area contributed by atoms with E-state index in [2.05, 4.69) is 20.0 Å². The average molecular weight is 214 g/mol. The Kier molecular flexibility index (Phi) is 3.75. The number of hydrogen-bond acceptors (Lipinski definition) is 6. The van der Waals surface area contributed by atoms with E-state index in [0.717, 1.165) is 6.39 Å². The van der Waals surface area contributed by atoms with Crippen molar-refractivity contribution in [2.45, 2.75) is 19.0 Å². The van der Waals surface area contributed by atoms with Gasteiger partial charge in [-0.25, -0.2) is 0 Å². The minimum absolute atomic E-state index is 0.0582. The van der Waals surface area contributed by atoms with Gasteiger partial charge in [-0.3, -0.25) is 9.59 Å². The molecule has 8 heteroatoms. The molecule has 1 amide bonds. The van der Waals surface area contributed by atoms with E-state index in [9.17, 15) is 9.59 Å². The quantitative estimate of drug-likeness (QED) is 0.542. The zero-order valence-electron chi connectivity index (χ0n) is 7.71. The van der Waals surface area contributed by atoms with Crippen LogP contribution < -0.4 is 11.1 Å². The molecule has 0 spiro atoms. The highest BCUT2D eigenvalue weighted by Crippen LogP contribution is 1.91. The Balaban J connectivity index is 2.32. The van der Waals surface area contributed by atoms with Crippen LogP contribution in [0.1, 0.15) is 12.2 Å².